The van der Waals surface area contributed by atoms with E-state index in [9.17, 15) is 22.8 Å². The van der Waals surface area contributed by atoms with Gasteiger partial charge in [0.05, 0.1) is 17.5 Å². The van der Waals surface area contributed by atoms with Crippen LogP contribution in [0.5, 0.6) is 0 Å². The number of carbonyl (C=O) groups is 3. The summed E-state index contributed by atoms with van der Waals surface area (Å²) in [4.78, 5) is 37.5. The molecule has 0 saturated carbocycles. The first-order valence-electron chi connectivity index (χ1n) is 10.5. The highest BCUT2D eigenvalue weighted by Gasteiger charge is 2.37. The van der Waals surface area contributed by atoms with Gasteiger partial charge in [0, 0.05) is 36.6 Å². The molecule has 4 rings (SSSR count). The van der Waals surface area contributed by atoms with Crippen LogP contribution in [0.25, 0.3) is 0 Å². The monoisotopic (exact) mass is 472 g/mol. The number of amides is 3. The fourth-order valence-corrected chi connectivity index (χ4v) is 5.43. The van der Waals surface area contributed by atoms with Crippen LogP contribution in [0.2, 0.25) is 0 Å². The van der Waals surface area contributed by atoms with Gasteiger partial charge in [0.1, 0.15) is 11.8 Å². The molecule has 11 nitrogen and oxygen atoms in total. The van der Waals surface area contributed by atoms with E-state index < -0.39 is 27.8 Å². The minimum atomic E-state index is -3.19. The Bertz CT molecular complexity index is 1210. The SMILES string of the molecule is CC(C(=O)Nc1cccc(NC(=O)C2=NN(C3CCS(=O)(=O)C3)C(=O)CC2)c1)n1cccn1. The van der Waals surface area contributed by atoms with Gasteiger partial charge in [0.2, 0.25) is 11.8 Å². The first-order valence-corrected chi connectivity index (χ1v) is 12.4. The number of carbonyl (C=O) groups excluding carboxylic acids is 3. The highest BCUT2D eigenvalue weighted by molar-refractivity contribution is 7.91. The van der Waals surface area contributed by atoms with Gasteiger partial charge in [-0.1, -0.05) is 6.07 Å². The summed E-state index contributed by atoms with van der Waals surface area (Å²) in [5.41, 5.74) is 1.09. The number of hydrogen-bond acceptors (Lipinski definition) is 7. The zero-order valence-corrected chi connectivity index (χ0v) is 18.8. The van der Waals surface area contributed by atoms with E-state index >= 15 is 0 Å². The Morgan fingerprint density at radius 3 is 2.58 bits per heavy atom. The zero-order chi connectivity index (χ0) is 23.6. The topological polar surface area (TPSA) is 143 Å². The van der Waals surface area contributed by atoms with Crippen LogP contribution >= 0.6 is 0 Å². The Kier molecular flexibility index (Phi) is 6.27. The number of hydrogen-bond donors (Lipinski definition) is 2. The lowest BCUT2D eigenvalue weighted by molar-refractivity contribution is -0.133. The van der Waals surface area contributed by atoms with Crippen molar-refractivity contribution < 1.29 is 22.8 Å². The number of nitrogens with one attached hydrogen (secondary N) is 2. The molecule has 2 N–H and O–H groups in total. The molecule has 174 valence electrons. The van der Waals surface area contributed by atoms with E-state index in [1.165, 1.54) is 4.68 Å². The Balaban J connectivity index is 1.42. The summed E-state index contributed by atoms with van der Waals surface area (Å²) >= 11 is 0. The molecule has 2 aromatic rings. The summed E-state index contributed by atoms with van der Waals surface area (Å²) < 4.78 is 25.1. The molecule has 0 spiro atoms. The van der Waals surface area contributed by atoms with Crippen molar-refractivity contribution >= 4 is 44.6 Å². The van der Waals surface area contributed by atoms with Crippen LogP contribution in [-0.2, 0) is 24.2 Å². The summed E-state index contributed by atoms with van der Waals surface area (Å²) in [7, 11) is -3.19. The van der Waals surface area contributed by atoms with Gasteiger partial charge in [0.25, 0.3) is 5.91 Å². The smallest absolute Gasteiger partial charge is 0.271 e. The van der Waals surface area contributed by atoms with E-state index in [-0.39, 0.29) is 41.9 Å². The molecule has 0 radical (unpaired) electrons. The van der Waals surface area contributed by atoms with Crippen LogP contribution in [0, 0.1) is 0 Å². The minimum absolute atomic E-state index is 0.00994. The number of nitrogens with zero attached hydrogens (tertiary/aromatic N) is 4. The Hall–Kier alpha value is -3.54. The molecule has 2 atom stereocenters. The molecule has 33 heavy (non-hydrogen) atoms. The predicted octanol–water partition coefficient (Wildman–Crippen LogP) is 1.19. The van der Waals surface area contributed by atoms with Crippen LogP contribution in [0.3, 0.4) is 0 Å². The molecule has 2 aliphatic heterocycles. The normalized spacial score (nSPS) is 20.8. The maximum absolute atomic E-state index is 12.8. The van der Waals surface area contributed by atoms with Gasteiger partial charge in [-0.25, -0.2) is 13.4 Å². The maximum atomic E-state index is 12.8. The molecule has 3 amide bonds. The quantitative estimate of drug-likeness (QED) is 0.646. The zero-order valence-electron chi connectivity index (χ0n) is 18.0. The lowest BCUT2D eigenvalue weighted by Gasteiger charge is -2.27. The van der Waals surface area contributed by atoms with Gasteiger partial charge in [-0.05, 0) is 37.6 Å². The van der Waals surface area contributed by atoms with Crippen LogP contribution < -0.4 is 10.6 Å². The molecule has 1 aromatic heterocycles. The molecule has 3 heterocycles. The van der Waals surface area contributed by atoms with Gasteiger partial charge in [-0.2, -0.15) is 10.2 Å². The summed E-state index contributed by atoms with van der Waals surface area (Å²) in [6.45, 7) is 1.72. The second-order valence-electron chi connectivity index (χ2n) is 8.03. The fraction of sp³-hybridized carbons (Fsp3) is 0.381. The van der Waals surface area contributed by atoms with Crippen molar-refractivity contribution in [2.45, 2.75) is 38.3 Å². The number of hydrazone groups is 1. The Morgan fingerprint density at radius 2 is 1.91 bits per heavy atom. The molecule has 0 aliphatic carbocycles. The molecular formula is C21H24N6O5S. The van der Waals surface area contributed by atoms with Crippen LogP contribution in [-0.4, -0.2) is 64.2 Å². The molecule has 2 unspecified atom stereocenters. The van der Waals surface area contributed by atoms with Crippen molar-refractivity contribution in [1.82, 2.24) is 14.8 Å². The molecule has 1 aromatic carbocycles. The number of anilines is 2. The number of aromatic nitrogens is 2. The largest absolute Gasteiger partial charge is 0.324 e. The van der Waals surface area contributed by atoms with Crippen molar-refractivity contribution in [2.24, 2.45) is 5.10 Å². The highest BCUT2D eigenvalue weighted by atomic mass is 32.2. The third-order valence-corrected chi connectivity index (χ3v) is 7.32. The van der Waals surface area contributed by atoms with E-state index in [1.807, 2.05) is 0 Å². The van der Waals surface area contributed by atoms with Gasteiger partial charge < -0.3 is 10.6 Å². The number of sulfone groups is 1. The number of rotatable bonds is 6. The maximum Gasteiger partial charge on any atom is 0.271 e. The van der Waals surface area contributed by atoms with E-state index in [0.29, 0.717) is 17.8 Å². The lowest BCUT2D eigenvalue weighted by Crippen LogP contribution is -2.42. The van der Waals surface area contributed by atoms with Crippen LogP contribution in [0.4, 0.5) is 11.4 Å². The van der Waals surface area contributed by atoms with E-state index in [0.717, 1.165) is 5.01 Å². The molecular weight excluding hydrogens is 448 g/mol. The first kappa shape index (κ1) is 22.6. The van der Waals surface area contributed by atoms with Gasteiger partial charge in [-0.15, -0.1) is 0 Å². The fourth-order valence-electron chi connectivity index (χ4n) is 3.74. The molecule has 0 bridgehead atoms. The average molecular weight is 473 g/mol. The third kappa shape index (κ3) is 5.28. The molecule has 12 heteroatoms. The average Bonchev–Trinajstić information content (AvgIpc) is 3.43. The minimum Gasteiger partial charge on any atom is -0.324 e. The summed E-state index contributed by atoms with van der Waals surface area (Å²) in [5.74, 6) is -1.17. The van der Waals surface area contributed by atoms with Crippen molar-refractivity contribution in [3.63, 3.8) is 0 Å². The van der Waals surface area contributed by atoms with E-state index in [1.54, 1.807) is 49.6 Å². The lowest BCUT2D eigenvalue weighted by atomic mass is 10.1. The third-order valence-electron chi connectivity index (χ3n) is 5.57. The molecule has 2 aliphatic rings. The van der Waals surface area contributed by atoms with Gasteiger partial charge in [-0.3, -0.25) is 19.1 Å². The van der Waals surface area contributed by atoms with E-state index in [2.05, 4.69) is 20.8 Å². The first-order chi connectivity index (χ1) is 15.7. The highest BCUT2D eigenvalue weighted by Crippen LogP contribution is 2.23. The number of benzene rings is 1. The molecule has 1 fully saturated rings. The van der Waals surface area contributed by atoms with Crippen LogP contribution in [0.1, 0.15) is 32.2 Å². The summed E-state index contributed by atoms with van der Waals surface area (Å²) in [5, 5.41) is 14.9. The molecule has 1 saturated heterocycles. The Labute approximate surface area is 190 Å². The van der Waals surface area contributed by atoms with Crippen molar-refractivity contribution in [3.8, 4) is 0 Å². The summed E-state index contributed by atoms with van der Waals surface area (Å²) in [6, 6.07) is 7.34. The standard InChI is InChI=1S/C21H24N6O5S/c1-14(26-10-3-9-22-26)20(29)23-15-4-2-5-16(12-15)24-21(30)18-6-7-19(28)27(25-18)17-8-11-33(31,32)13-17/h2-5,9-10,12,14,17H,6-8,11,13H2,1H3,(H,23,29)(H,24,30). The summed E-state index contributed by atoms with van der Waals surface area (Å²) in [6.07, 6.45) is 3.85. The van der Waals surface area contributed by atoms with Gasteiger partial charge >= 0.3 is 0 Å². The van der Waals surface area contributed by atoms with Gasteiger partial charge in [0.15, 0.2) is 9.84 Å². The van der Waals surface area contributed by atoms with Crippen molar-refractivity contribution in [1.29, 1.82) is 0 Å². The van der Waals surface area contributed by atoms with Crippen LogP contribution in [0.15, 0.2) is 47.8 Å². The van der Waals surface area contributed by atoms with E-state index in [4.69, 9.17) is 0 Å². The Morgan fingerprint density at radius 1 is 1.15 bits per heavy atom. The predicted molar refractivity (Wildman–Crippen MR) is 121 cm³/mol. The second-order valence-corrected chi connectivity index (χ2v) is 10.3. The second kappa shape index (κ2) is 9.14. The van der Waals surface area contributed by atoms with Crippen molar-refractivity contribution in [3.05, 3.63) is 42.7 Å². The van der Waals surface area contributed by atoms with Crippen molar-refractivity contribution in [2.75, 3.05) is 22.1 Å².